The molecule has 0 saturated carbocycles. The van der Waals surface area contributed by atoms with E-state index in [9.17, 15) is 9.59 Å². The second-order valence-electron chi connectivity index (χ2n) is 7.48. The fraction of sp³-hybridized carbons (Fsp3) is 0.231. The number of hydrogen-bond donors (Lipinski definition) is 1. The molecular weight excluding hydrogens is 420 g/mol. The van der Waals surface area contributed by atoms with Crippen LogP contribution in [0.3, 0.4) is 0 Å². The lowest BCUT2D eigenvalue weighted by molar-refractivity contribution is -0.142. The largest absolute Gasteiger partial charge is 0.452 e. The van der Waals surface area contributed by atoms with Crippen molar-refractivity contribution in [3.05, 3.63) is 59.5 Å². The van der Waals surface area contributed by atoms with Crippen LogP contribution < -0.4 is 15.4 Å². The van der Waals surface area contributed by atoms with Gasteiger partial charge in [-0.25, -0.2) is 4.79 Å². The Morgan fingerprint density at radius 1 is 1.06 bits per heavy atom. The molecule has 0 bridgehead atoms. The summed E-state index contributed by atoms with van der Waals surface area (Å²) in [5.74, 6) is 2.66. The third-order valence-corrected chi connectivity index (χ3v) is 5.11. The first kappa shape index (κ1) is 23.3. The summed E-state index contributed by atoms with van der Waals surface area (Å²) in [7, 11) is 3.92. The van der Waals surface area contributed by atoms with Crippen LogP contribution in [0.1, 0.15) is 17.9 Å². The summed E-state index contributed by atoms with van der Waals surface area (Å²) in [4.78, 5) is 27.2. The number of carbonyl (C=O) groups is 2. The number of rotatable bonds is 7. The molecule has 0 amide bonds. The van der Waals surface area contributed by atoms with E-state index in [1.165, 1.54) is 0 Å². The van der Waals surface area contributed by atoms with Gasteiger partial charge in [0, 0.05) is 31.3 Å². The van der Waals surface area contributed by atoms with Crippen molar-refractivity contribution in [1.82, 2.24) is 0 Å². The number of terminal acetylenes is 2. The maximum absolute atomic E-state index is 12.7. The number of hydrogen-bond acceptors (Lipinski definition) is 7. The molecule has 7 nitrogen and oxygen atoms in total. The van der Waals surface area contributed by atoms with Crippen LogP contribution in [0.25, 0.3) is 11.1 Å². The Labute approximate surface area is 193 Å². The normalized spacial score (nSPS) is 14.2. The van der Waals surface area contributed by atoms with Crippen molar-refractivity contribution < 1.29 is 23.8 Å². The van der Waals surface area contributed by atoms with Crippen LogP contribution >= 0.6 is 0 Å². The smallest absolute Gasteiger partial charge is 0.341 e. The van der Waals surface area contributed by atoms with E-state index < -0.39 is 17.9 Å². The van der Waals surface area contributed by atoms with Crippen LogP contribution in [0.5, 0.6) is 5.75 Å². The lowest BCUT2D eigenvalue weighted by Crippen LogP contribution is -2.28. The van der Waals surface area contributed by atoms with Crippen molar-refractivity contribution >= 4 is 17.6 Å². The van der Waals surface area contributed by atoms with Crippen LogP contribution in [-0.4, -0.2) is 39.2 Å². The van der Waals surface area contributed by atoms with E-state index in [-0.39, 0.29) is 31.1 Å². The van der Waals surface area contributed by atoms with Crippen molar-refractivity contribution in [2.75, 3.05) is 32.2 Å². The number of nitrogens with two attached hydrogens (primary N) is 1. The minimum atomic E-state index is -0.763. The van der Waals surface area contributed by atoms with Gasteiger partial charge in [0.1, 0.15) is 11.3 Å². The Hall–Kier alpha value is -4.36. The molecule has 1 unspecified atom stereocenters. The Balaban J connectivity index is 2.06. The summed E-state index contributed by atoms with van der Waals surface area (Å²) in [6.07, 6.45) is 10.2. The molecule has 1 aliphatic rings. The molecule has 0 saturated heterocycles. The van der Waals surface area contributed by atoms with Gasteiger partial charge in [0.2, 0.25) is 5.88 Å². The number of fused-ring (bicyclic) bond motifs is 1. The zero-order valence-corrected chi connectivity index (χ0v) is 18.5. The van der Waals surface area contributed by atoms with Gasteiger partial charge in [0.25, 0.3) is 0 Å². The number of anilines is 1. The number of ether oxygens (including phenoxy) is 3. The predicted octanol–water partition coefficient (Wildman–Crippen LogP) is 2.81. The lowest BCUT2D eigenvalue weighted by atomic mass is 9.84. The van der Waals surface area contributed by atoms with Crippen molar-refractivity contribution in [3.8, 4) is 41.6 Å². The molecule has 3 rings (SSSR count). The van der Waals surface area contributed by atoms with E-state index in [1.54, 1.807) is 6.07 Å². The molecule has 168 valence electrons. The zero-order valence-electron chi connectivity index (χ0n) is 18.5. The van der Waals surface area contributed by atoms with Crippen LogP contribution in [0.4, 0.5) is 5.69 Å². The highest BCUT2D eigenvalue weighted by Gasteiger charge is 2.36. The third kappa shape index (κ3) is 5.28. The van der Waals surface area contributed by atoms with Gasteiger partial charge in [-0.05, 0) is 35.4 Å². The van der Waals surface area contributed by atoms with Crippen LogP contribution in [-0.2, 0) is 19.1 Å². The van der Waals surface area contributed by atoms with Gasteiger partial charge in [-0.2, -0.15) is 0 Å². The first-order chi connectivity index (χ1) is 15.8. The maximum atomic E-state index is 12.7. The molecule has 0 spiro atoms. The quantitative estimate of drug-likeness (QED) is 0.519. The highest BCUT2D eigenvalue weighted by Crippen LogP contribution is 2.42. The van der Waals surface area contributed by atoms with Crippen LogP contribution in [0.2, 0.25) is 0 Å². The van der Waals surface area contributed by atoms with Gasteiger partial charge >= 0.3 is 11.9 Å². The summed E-state index contributed by atoms with van der Waals surface area (Å²) >= 11 is 0. The Morgan fingerprint density at radius 2 is 1.76 bits per heavy atom. The maximum Gasteiger partial charge on any atom is 0.341 e. The average molecular weight is 444 g/mol. The Morgan fingerprint density at radius 3 is 2.45 bits per heavy atom. The molecule has 1 atom stereocenters. The molecule has 0 aromatic heterocycles. The number of carbonyl (C=O) groups excluding carboxylic acids is 2. The Bertz CT molecular complexity index is 1180. The Kier molecular flexibility index (Phi) is 7.27. The molecule has 7 heteroatoms. The SMILES string of the molecule is C#CCOC(=O)CC1C(C(=O)OCC#C)=C(N)Oc2ccc(-c3cccc(N(C)C)c3)cc21. The molecule has 1 heterocycles. The molecule has 2 N–H and O–H groups in total. The van der Waals surface area contributed by atoms with E-state index in [4.69, 9.17) is 32.8 Å². The van der Waals surface area contributed by atoms with Crippen LogP contribution in [0.15, 0.2) is 53.9 Å². The molecule has 1 aliphatic heterocycles. The number of esters is 2. The molecule has 2 aromatic carbocycles. The van der Waals surface area contributed by atoms with Gasteiger partial charge in [-0.3, -0.25) is 4.79 Å². The van der Waals surface area contributed by atoms with Gasteiger partial charge < -0.3 is 24.8 Å². The minimum absolute atomic E-state index is 0.00889. The second-order valence-corrected chi connectivity index (χ2v) is 7.48. The zero-order chi connectivity index (χ0) is 24.0. The molecule has 0 fully saturated rings. The number of benzene rings is 2. The van der Waals surface area contributed by atoms with Crippen molar-refractivity contribution in [2.24, 2.45) is 5.73 Å². The summed E-state index contributed by atoms with van der Waals surface area (Å²) in [5, 5.41) is 0. The monoisotopic (exact) mass is 444 g/mol. The first-order valence-corrected chi connectivity index (χ1v) is 10.1. The minimum Gasteiger partial charge on any atom is -0.452 e. The molecular formula is C26H24N2O5. The molecule has 2 aromatic rings. The van der Waals surface area contributed by atoms with E-state index in [0.717, 1.165) is 16.8 Å². The fourth-order valence-electron chi connectivity index (χ4n) is 3.55. The second kappa shape index (κ2) is 10.3. The van der Waals surface area contributed by atoms with Crippen molar-refractivity contribution in [1.29, 1.82) is 0 Å². The topological polar surface area (TPSA) is 91.1 Å². The van der Waals surface area contributed by atoms with Crippen molar-refractivity contribution in [2.45, 2.75) is 12.3 Å². The summed E-state index contributed by atoms with van der Waals surface area (Å²) in [6, 6.07) is 13.5. The van der Waals surface area contributed by atoms with Gasteiger partial charge in [0.15, 0.2) is 13.2 Å². The molecule has 0 radical (unpaired) electrons. The molecule has 33 heavy (non-hydrogen) atoms. The average Bonchev–Trinajstić information content (AvgIpc) is 2.81. The fourth-order valence-corrected chi connectivity index (χ4v) is 3.55. The van der Waals surface area contributed by atoms with Gasteiger partial charge in [-0.15, -0.1) is 12.8 Å². The predicted molar refractivity (Wildman–Crippen MR) is 125 cm³/mol. The summed E-state index contributed by atoms with van der Waals surface area (Å²) in [5.41, 5.74) is 9.51. The van der Waals surface area contributed by atoms with Gasteiger partial charge in [0.05, 0.1) is 6.42 Å². The first-order valence-electron chi connectivity index (χ1n) is 10.1. The number of nitrogens with zero attached hydrogens (tertiary/aromatic N) is 1. The van der Waals surface area contributed by atoms with Gasteiger partial charge in [-0.1, -0.05) is 30.0 Å². The highest BCUT2D eigenvalue weighted by atomic mass is 16.5. The standard InChI is InChI=1S/C26H24N2O5/c1-5-12-31-23(29)16-21-20-15-18(17-8-7-9-19(14-17)28(3)4)10-11-22(20)33-25(27)24(21)26(30)32-13-6-2/h1-2,7-11,14-15,21H,12-13,16,27H2,3-4H3. The summed E-state index contributed by atoms with van der Waals surface area (Å²) in [6.45, 7) is -0.420. The van der Waals surface area contributed by atoms with Crippen molar-refractivity contribution in [3.63, 3.8) is 0 Å². The highest BCUT2D eigenvalue weighted by molar-refractivity contribution is 5.93. The lowest BCUT2D eigenvalue weighted by Gasteiger charge is -2.28. The van der Waals surface area contributed by atoms with E-state index in [0.29, 0.717) is 11.3 Å². The van der Waals surface area contributed by atoms with E-state index in [2.05, 4.69) is 11.8 Å². The van der Waals surface area contributed by atoms with Crippen LogP contribution in [0, 0.1) is 24.7 Å². The third-order valence-electron chi connectivity index (χ3n) is 5.11. The van der Waals surface area contributed by atoms with E-state index in [1.807, 2.05) is 55.4 Å². The molecule has 0 aliphatic carbocycles. The summed E-state index contributed by atoms with van der Waals surface area (Å²) < 4.78 is 15.8. The van der Waals surface area contributed by atoms with E-state index >= 15 is 0 Å².